The van der Waals surface area contributed by atoms with Crippen molar-refractivity contribution in [1.82, 2.24) is 25.0 Å². The van der Waals surface area contributed by atoms with Gasteiger partial charge in [0.1, 0.15) is 6.04 Å². The monoisotopic (exact) mass is 465 g/mol. The number of nitrogens with zero attached hydrogens (tertiary/aromatic N) is 4. The number of carbonyl (C=O) groups excluding carboxylic acids is 2. The molecule has 1 aromatic carbocycles. The number of pyridine rings is 1. The third-order valence-electron chi connectivity index (χ3n) is 5.58. The molecule has 0 bridgehead atoms. The van der Waals surface area contributed by atoms with Gasteiger partial charge in [-0.25, -0.2) is 9.67 Å². The number of nitrogens with one attached hydrogen (secondary N) is 1. The molecular formula is C25H31N5O2S. The first-order valence-corrected chi connectivity index (χ1v) is 12.4. The van der Waals surface area contributed by atoms with Gasteiger partial charge in [0, 0.05) is 22.9 Å². The molecule has 3 aromatic rings. The number of amides is 2. The van der Waals surface area contributed by atoms with Crippen LogP contribution in [-0.2, 0) is 4.79 Å². The Balaban J connectivity index is 1.79. The molecule has 1 fully saturated rings. The molecule has 174 valence electrons. The van der Waals surface area contributed by atoms with Gasteiger partial charge in [-0.2, -0.15) is 5.10 Å². The molecule has 2 aromatic heterocycles. The summed E-state index contributed by atoms with van der Waals surface area (Å²) in [5.74, 6) is 0.766. The van der Waals surface area contributed by atoms with E-state index in [1.807, 2.05) is 76.6 Å². The number of aromatic nitrogens is 3. The molecule has 1 N–H and O–H groups in total. The van der Waals surface area contributed by atoms with Gasteiger partial charge < -0.3 is 10.2 Å². The predicted molar refractivity (Wildman–Crippen MR) is 133 cm³/mol. The molecule has 1 aliphatic heterocycles. The molecule has 1 saturated heterocycles. The van der Waals surface area contributed by atoms with Crippen LogP contribution < -0.4 is 5.32 Å². The lowest BCUT2D eigenvalue weighted by Gasteiger charge is -2.28. The first-order valence-electron chi connectivity index (χ1n) is 11.2. The van der Waals surface area contributed by atoms with Crippen molar-refractivity contribution in [2.75, 3.05) is 11.6 Å². The fourth-order valence-electron chi connectivity index (χ4n) is 3.91. The first-order chi connectivity index (χ1) is 15.5. The Hall–Kier alpha value is -2.87. The van der Waals surface area contributed by atoms with E-state index in [1.54, 1.807) is 22.9 Å². The van der Waals surface area contributed by atoms with Crippen molar-refractivity contribution in [2.24, 2.45) is 0 Å². The van der Waals surface area contributed by atoms with Crippen LogP contribution in [0.4, 0.5) is 0 Å². The van der Waals surface area contributed by atoms with Crippen LogP contribution in [0.5, 0.6) is 0 Å². The molecular weight excluding hydrogens is 434 g/mol. The van der Waals surface area contributed by atoms with Crippen molar-refractivity contribution in [3.8, 4) is 11.3 Å². The number of fused-ring (bicyclic) bond motifs is 1. The molecule has 0 saturated carbocycles. The van der Waals surface area contributed by atoms with Gasteiger partial charge in [-0.3, -0.25) is 9.59 Å². The van der Waals surface area contributed by atoms with Crippen molar-refractivity contribution >= 4 is 34.6 Å². The summed E-state index contributed by atoms with van der Waals surface area (Å²) in [4.78, 5) is 33.3. The summed E-state index contributed by atoms with van der Waals surface area (Å²) in [6, 6.07) is 9.52. The predicted octanol–water partition coefficient (Wildman–Crippen LogP) is 4.42. The Bertz CT molecular complexity index is 1190. The van der Waals surface area contributed by atoms with E-state index in [1.165, 1.54) is 0 Å². The molecule has 3 heterocycles. The third kappa shape index (κ3) is 4.76. The Morgan fingerprint density at radius 2 is 1.88 bits per heavy atom. The van der Waals surface area contributed by atoms with E-state index in [9.17, 15) is 9.59 Å². The summed E-state index contributed by atoms with van der Waals surface area (Å²) in [5.41, 5.74) is 3.65. The van der Waals surface area contributed by atoms with E-state index in [-0.39, 0.29) is 23.4 Å². The summed E-state index contributed by atoms with van der Waals surface area (Å²) in [6.07, 6.45) is 1.71. The SMILES string of the molecule is Cc1ccc(-c2cc(C(=O)N3CSCC3C(=O)NC(C)(C)C)c3cnn(C(C)C)c3n2)cc1. The summed E-state index contributed by atoms with van der Waals surface area (Å²) >= 11 is 1.59. The number of thioether (sulfide) groups is 1. The molecule has 1 atom stereocenters. The van der Waals surface area contributed by atoms with Gasteiger partial charge in [0.05, 0.1) is 28.7 Å². The molecule has 1 unspecified atom stereocenters. The smallest absolute Gasteiger partial charge is 0.256 e. The van der Waals surface area contributed by atoms with Gasteiger partial charge in [0.25, 0.3) is 5.91 Å². The second-order valence-electron chi connectivity index (χ2n) is 9.87. The average molecular weight is 466 g/mol. The van der Waals surface area contributed by atoms with Crippen LogP contribution in [0.25, 0.3) is 22.3 Å². The molecule has 2 amide bonds. The highest BCUT2D eigenvalue weighted by Crippen LogP contribution is 2.30. The van der Waals surface area contributed by atoms with E-state index >= 15 is 0 Å². The number of carbonyl (C=O) groups is 2. The summed E-state index contributed by atoms with van der Waals surface area (Å²) in [6.45, 7) is 12.0. The van der Waals surface area contributed by atoms with E-state index < -0.39 is 6.04 Å². The zero-order valence-corrected chi connectivity index (χ0v) is 20.9. The molecule has 4 rings (SSSR count). The lowest BCUT2D eigenvalue weighted by atomic mass is 10.0. The number of aryl methyl sites for hydroxylation is 1. The second-order valence-corrected chi connectivity index (χ2v) is 10.9. The third-order valence-corrected chi connectivity index (χ3v) is 6.59. The zero-order valence-electron chi connectivity index (χ0n) is 20.0. The van der Waals surface area contributed by atoms with E-state index in [2.05, 4.69) is 10.4 Å². The highest BCUT2D eigenvalue weighted by Gasteiger charge is 2.37. The molecule has 0 spiro atoms. The van der Waals surface area contributed by atoms with Crippen molar-refractivity contribution in [1.29, 1.82) is 0 Å². The molecule has 1 aliphatic rings. The Morgan fingerprint density at radius 1 is 1.18 bits per heavy atom. The second kappa shape index (κ2) is 8.82. The maximum atomic E-state index is 13.8. The van der Waals surface area contributed by atoms with Crippen LogP contribution in [0, 0.1) is 6.92 Å². The maximum Gasteiger partial charge on any atom is 0.256 e. The summed E-state index contributed by atoms with van der Waals surface area (Å²) in [7, 11) is 0. The van der Waals surface area contributed by atoms with Crippen LogP contribution in [-0.4, -0.2) is 54.7 Å². The van der Waals surface area contributed by atoms with Crippen molar-refractivity contribution in [3.05, 3.63) is 47.7 Å². The highest BCUT2D eigenvalue weighted by atomic mass is 32.2. The molecule has 33 heavy (non-hydrogen) atoms. The Kier molecular flexibility index (Phi) is 6.22. The lowest BCUT2D eigenvalue weighted by molar-refractivity contribution is -0.125. The first kappa shape index (κ1) is 23.3. The van der Waals surface area contributed by atoms with Gasteiger partial charge in [-0.1, -0.05) is 29.8 Å². The van der Waals surface area contributed by atoms with Crippen molar-refractivity contribution in [3.63, 3.8) is 0 Å². The zero-order chi connectivity index (χ0) is 23.9. The van der Waals surface area contributed by atoms with Crippen LogP contribution in [0.15, 0.2) is 36.5 Å². The summed E-state index contributed by atoms with van der Waals surface area (Å²) < 4.78 is 1.84. The minimum atomic E-state index is -0.507. The number of hydrogen-bond acceptors (Lipinski definition) is 5. The minimum absolute atomic E-state index is 0.0962. The molecule has 0 radical (unpaired) electrons. The van der Waals surface area contributed by atoms with Gasteiger partial charge >= 0.3 is 0 Å². The Labute approximate surface area is 198 Å². The van der Waals surface area contributed by atoms with E-state index in [0.29, 0.717) is 28.2 Å². The topological polar surface area (TPSA) is 80.1 Å². The number of hydrogen-bond donors (Lipinski definition) is 1. The molecule has 0 aliphatic carbocycles. The van der Waals surface area contributed by atoms with Gasteiger partial charge in [-0.15, -0.1) is 11.8 Å². The van der Waals surface area contributed by atoms with Gasteiger partial charge in [-0.05, 0) is 47.6 Å². The fraction of sp³-hybridized carbons (Fsp3) is 0.440. The van der Waals surface area contributed by atoms with Crippen molar-refractivity contribution < 1.29 is 9.59 Å². The normalized spacial score (nSPS) is 16.6. The van der Waals surface area contributed by atoms with Gasteiger partial charge in [0.15, 0.2) is 5.65 Å². The van der Waals surface area contributed by atoms with E-state index in [4.69, 9.17) is 4.98 Å². The fourth-order valence-corrected chi connectivity index (χ4v) is 5.07. The Morgan fingerprint density at radius 3 is 2.52 bits per heavy atom. The summed E-state index contributed by atoms with van der Waals surface area (Å²) in [5, 5.41) is 8.24. The largest absolute Gasteiger partial charge is 0.350 e. The van der Waals surface area contributed by atoms with Gasteiger partial charge in [0.2, 0.25) is 5.91 Å². The van der Waals surface area contributed by atoms with Crippen LogP contribution in [0.1, 0.15) is 56.6 Å². The van der Waals surface area contributed by atoms with Crippen LogP contribution >= 0.6 is 11.8 Å². The van der Waals surface area contributed by atoms with Crippen LogP contribution in [0.2, 0.25) is 0 Å². The van der Waals surface area contributed by atoms with Crippen LogP contribution in [0.3, 0.4) is 0 Å². The maximum absolute atomic E-state index is 13.8. The quantitative estimate of drug-likeness (QED) is 0.617. The van der Waals surface area contributed by atoms with E-state index in [0.717, 1.165) is 16.8 Å². The number of benzene rings is 1. The number of rotatable bonds is 4. The minimum Gasteiger partial charge on any atom is -0.350 e. The van der Waals surface area contributed by atoms with Crippen molar-refractivity contribution in [2.45, 2.75) is 59.2 Å². The molecule has 7 nitrogen and oxygen atoms in total. The molecule has 8 heteroatoms. The standard InChI is InChI=1S/C25H31N5O2S/c1-15(2)30-22-19(12-26-30)18(11-20(27-22)17-9-7-16(3)8-10-17)24(32)29-14-33-13-21(29)23(31)28-25(4,5)6/h7-12,15,21H,13-14H2,1-6H3,(H,28,31). The lowest BCUT2D eigenvalue weighted by Crippen LogP contribution is -2.52. The highest BCUT2D eigenvalue weighted by molar-refractivity contribution is 7.99. The average Bonchev–Trinajstić information content (AvgIpc) is 3.39.